The van der Waals surface area contributed by atoms with E-state index in [1.165, 1.54) is 28.8 Å². The third-order valence-corrected chi connectivity index (χ3v) is 8.71. The van der Waals surface area contributed by atoms with Crippen LogP contribution >= 0.6 is 39.5 Å². The number of aryl methyl sites for hydroxylation is 1. The number of carbonyl (C=O) groups excluding carboxylic acids is 2. The Morgan fingerprint density at radius 1 is 0.949 bits per heavy atom. The molecule has 2 amide bonds. The summed E-state index contributed by atoms with van der Waals surface area (Å²) in [4.78, 5) is 39.8. The number of hydrogen-bond donors (Lipinski definition) is 0. The molecule has 0 saturated carbocycles. The van der Waals surface area contributed by atoms with Gasteiger partial charge in [-0.25, -0.2) is 0 Å². The van der Waals surface area contributed by atoms with Gasteiger partial charge in [-0.3, -0.25) is 24.6 Å². The minimum absolute atomic E-state index is 0.0680. The molecule has 0 unspecified atom stereocenters. The van der Waals surface area contributed by atoms with Crippen molar-refractivity contribution in [3.8, 4) is 5.69 Å². The topological polar surface area (TPSA) is 85.5 Å². The first-order chi connectivity index (χ1) is 18.7. The molecule has 0 spiro atoms. The lowest BCUT2D eigenvalue weighted by molar-refractivity contribution is -0.384. The van der Waals surface area contributed by atoms with Crippen molar-refractivity contribution in [2.75, 3.05) is 0 Å². The van der Waals surface area contributed by atoms with E-state index in [0.717, 1.165) is 54.2 Å². The molecule has 3 aromatic carbocycles. The van der Waals surface area contributed by atoms with Crippen LogP contribution in [0.4, 0.5) is 10.5 Å². The fraction of sp³-hybridized carbons (Fsp3) is 0.103. The summed E-state index contributed by atoms with van der Waals surface area (Å²) in [5.74, 6) is -0.287. The van der Waals surface area contributed by atoms with Crippen LogP contribution in [0.25, 0.3) is 11.8 Å². The second-order valence-corrected chi connectivity index (χ2v) is 12.0. The van der Waals surface area contributed by atoms with Crippen molar-refractivity contribution in [1.82, 2.24) is 9.47 Å². The summed E-state index contributed by atoms with van der Waals surface area (Å²) in [5, 5.41) is 10.6. The van der Waals surface area contributed by atoms with E-state index < -0.39 is 4.92 Å². The second kappa shape index (κ2) is 11.3. The summed E-state index contributed by atoms with van der Waals surface area (Å²) < 4.78 is 3.05. The monoisotopic (exact) mass is 619 g/mol. The summed E-state index contributed by atoms with van der Waals surface area (Å²) in [6, 6.07) is 24.1. The van der Waals surface area contributed by atoms with Gasteiger partial charge in [0, 0.05) is 43.5 Å². The Morgan fingerprint density at radius 3 is 2.18 bits per heavy atom. The van der Waals surface area contributed by atoms with Crippen LogP contribution in [-0.4, -0.2) is 25.5 Å². The van der Waals surface area contributed by atoms with Crippen LogP contribution in [0.15, 0.2) is 98.0 Å². The highest BCUT2D eigenvalue weighted by Gasteiger charge is 2.35. The molecule has 1 saturated heterocycles. The zero-order valence-electron chi connectivity index (χ0n) is 21.0. The summed E-state index contributed by atoms with van der Waals surface area (Å²) >= 11 is 5.89. The lowest BCUT2D eigenvalue weighted by atomic mass is 10.2. The van der Waals surface area contributed by atoms with E-state index >= 15 is 0 Å². The summed E-state index contributed by atoms with van der Waals surface area (Å²) in [6.07, 6.45) is 1.80. The van der Waals surface area contributed by atoms with Crippen LogP contribution in [0.2, 0.25) is 0 Å². The van der Waals surface area contributed by atoms with Gasteiger partial charge in [0.05, 0.1) is 16.4 Å². The van der Waals surface area contributed by atoms with Crippen molar-refractivity contribution in [2.24, 2.45) is 0 Å². The number of non-ortho nitro benzene ring substituents is 1. The number of imide groups is 1. The maximum atomic E-state index is 13.1. The number of rotatable bonds is 7. The zero-order chi connectivity index (χ0) is 27.7. The highest BCUT2D eigenvalue weighted by Crippen LogP contribution is 2.35. The van der Waals surface area contributed by atoms with Crippen molar-refractivity contribution >= 4 is 62.4 Å². The van der Waals surface area contributed by atoms with Gasteiger partial charge in [0.2, 0.25) is 0 Å². The molecule has 10 heteroatoms. The van der Waals surface area contributed by atoms with E-state index in [1.54, 1.807) is 18.2 Å². The predicted octanol–water partition coefficient (Wildman–Crippen LogP) is 8.15. The summed E-state index contributed by atoms with van der Waals surface area (Å²) in [5.41, 5.74) is 4.77. The molecule has 5 rings (SSSR count). The molecule has 1 aromatic heterocycles. The number of nitro benzene ring substituents is 1. The molecule has 2 heterocycles. The smallest absolute Gasteiger partial charge is 0.293 e. The van der Waals surface area contributed by atoms with Gasteiger partial charge in [-0.1, -0.05) is 39.8 Å². The predicted molar refractivity (Wildman–Crippen MR) is 158 cm³/mol. The molecule has 196 valence electrons. The number of thioether (sulfide) groups is 1. The van der Waals surface area contributed by atoms with E-state index in [4.69, 9.17) is 0 Å². The van der Waals surface area contributed by atoms with Crippen molar-refractivity contribution < 1.29 is 14.5 Å². The average Bonchev–Trinajstić information content (AvgIpc) is 3.34. The third-order valence-electron chi connectivity index (χ3n) is 6.26. The number of nitrogens with zero attached hydrogens (tertiary/aromatic N) is 3. The quantitative estimate of drug-likeness (QED) is 0.118. The number of amides is 2. The van der Waals surface area contributed by atoms with Gasteiger partial charge in [-0.15, -0.1) is 0 Å². The van der Waals surface area contributed by atoms with Crippen LogP contribution in [0.3, 0.4) is 0 Å². The SMILES string of the molecule is Cc1cc(/C=C2\SC(=O)N(Cc3ccc(Br)cc3)C2=O)c(C)n1-c1ccc(Sc2ccc([N+](=O)[O-])cc2)cc1. The van der Waals surface area contributed by atoms with Crippen molar-refractivity contribution in [1.29, 1.82) is 0 Å². The number of nitro groups is 1. The number of aromatic nitrogens is 1. The Hall–Kier alpha value is -3.60. The van der Waals surface area contributed by atoms with Crippen LogP contribution in [0.5, 0.6) is 0 Å². The molecule has 0 radical (unpaired) electrons. The summed E-state index contributed by atoms with van der Waals surface area (Å²) in [6.45, 7) is 4.23. The third kappa shape index (κ3) is 5.88. The largest absolute Gasteiger partial charge is 0.318 e. The van der Waals surface area contributed by atoms with E-state index in [2.05, 4.69) is 20.5 Å². The van der Waals surface area contributed by atoms with E-state index in [1.807, 2.05) is 68.4 Å². The molecule has 1 aliphatic heterocycles. The van der Waals surface area contributed by atoms with Gasteiger partial charge in [-0.05, 0) is 97.4 Å². The second-order valence-electron chi connectivity index (χ2n) is 8.90. The summed E-state index contributed by atoms with van der Waals surface area (Å²) in [7, 11) is 0. The first kappa shape index (κ1) is 27.0. The molecule has 0 atom stereocenters. The van der Waals surface area contributed by atoms with Gasteiger partial charge in [-0.2, -0.15) is 0 Å². The van der Waals surface area contributed by atoms with E-state index in [-0.39, 0.29) is 23.4 Å². The standard InChI is InChI=1S/C29H22BrN3O4S2/c1-18-15-21(16-27-28(34)31(29(35)39-27)17-20-3-5-22(30)6-4-20)19(2)32(18)23-7-11-25(12-8-23)38-26-13-9-24(10-14-26)33(36)37/h3-16H,17H2,1-2H3/b27-16-. The fourth-order valence-corrected chi connectivity index (χ4v) is 6.23. The van der Waals surface area contributed by atoms with Crippen LogP contribution in [0, 0.1) is 24.0 Å². The molecule has 7 nitrogen and oxygen atoms in total. The Kier molecular flexibility index (Phi) is 7.79. The Bertz CT molecular complexity index is 1610. The number of halogens is 1. The number of carbonyl (C=O) groups is 2. The first-order valence-corrected chi connectivity index (χ1v) is 14.3. The van der Waals surface area contributed by atoms with Crippen LogP contribution < -0.4 is 0 Å². The first-order valence-electron chi connectivity index (χ1n) is 11.9. The number of benzene rings is 3. The number of hydrogen-bond acceptors (Lipinski definition) is 6. The normalized spacial score (nSPS) is 14.4. The molecule has 1 fully saturated rings. The fourth-order valence-electron chi connectivity index (χ4n) is 4.32. The van der Waals surface area contributed by atoms with E-state index in [0.29, 0.717) is 4.91 Å². The maximum Gasteiger partial charge on any atom is 0.293 e. The highest BCUT2D eigenvalue weighted by molar-refractivity contribution is 9.10. The van der Waals surface area contributed by atoms with Gasteiger partial charge in [0.1, 0.15) is 0 Å². The van der Waals surface area contributed by atoms with Crippen molar-refractivity contribution in [2.45, 2.75) is 30.2 Å². The minimum Gasteiger partial charge on any atom is -0.318 e. The van der Waals surface area contributed by atoms with Gasteiger partial charge >= 0.3 is 0 Å². The maximum absolute atomic E-state index is 13.1. The lowest BCUT2D eigenvalue weighted by Crippen LogP contribution is -2.27. The van der Waals surface area contributed by atoms with Gasteiger partial charge in [0.25, 0.3) is 16.8 Å². The highest BCUT2D eigenvalue weighted by atomic mass is 79.9. The van der Waals surface area contributed by atoms with Gasteiger partial charge in [0.15, 0.2) is 0 Å². The molecule has 1 aliphatic rings. The molecule has 0 N–H and O–H groups in total. The molecule has 4 aromatic rings. The molecular weight excluding hydrogens is 598 g/mol. The Labute approximate surface area is 242 Å². The molecule has 39 heavy (non-hydrogen) atoms. The average molecular weight is 621 g/mol. The molecular formula is C29H22BrN3O4S2. The molecule has 0 bridgehead atoms. The Balaban J connectivity index is 1.33. The van der Waals surface area contributed by atoms with Crippen molar-refractivity contribution in [3.63, 3.8) is 0 Å². The molecule has 0 aliphatic carbocycles. The zero-order valence-corrected chi connectivity index (χ0v) is 24.2. The lowest BCUT2D eigenvalue weighted by Gasteiger charge is -2.12. The van der Waals surface area contributed by atoms with E-state index in [9.17, 15) is 19.7 Å². The Morgan fingerprint density at radius 2 is 1.56 bits per heavy atom. The van der Waals surface area contributed by atoms with Crippen LogP contribution in [0.1, 0.15) is 22.5 Å². The van der Waals surface area contributed by atoms with Gasteiger partial charge < -0.3 is 4.57 Å². The minimum atomic E-state index is -0.408. The van der Waals surface area contributed by atoms with Crippen molar-refractivity contribution in [3.05, 3.63) is 121 Å². The van der Waals surface area contributed by atoms with Crippen LogP contribution in [-0.2, 0) is 11.3 Å².